The first kappa shape index (κ1) is 14.3. The van der Waals surface area contributed by atoms with Gasteiger partial charge in [0.2, 0.25) is 5.88 Å². The maximum atomic E-state index is 5.97. The Bertz CT molecular complexity index is 555. The van der Waals surface area contributed by atoms with E-state index in [0.29, 0.717) is 12.0 Å². The molecule has 3 rings (SSSR count). The Labute approximate surface area is 129 Å². The molecule has 112 valence electrons. The fourth-order valence-corrected chi connectivity index (χ4v) is 3.12. The minimum absolute atomic E-state index is 0.298. The third-order valence-electron chi connectivity index (χ3n) is 3.71. The molecule has 0 saturated heterocycles. The first-order valence-electron chi connectivity index (χ1n) is 7.38. The molecule has 0 radical (unpaired) electrons. The van der Waals surface area contributed by atoms with E-state index in [2.05, 4.69) is 15.0 Å². The van der Waals surface area contributed by atoms with Crippen LogP contribution in [0.4, 0.5) is 5.82 Å². The van der Waals surface area contributed by atoms with E-state index in [1.807, 2.05) is 22.8 Å². The Kier molecular flexibility index (Phi) is 4.65. The van der Waals surface area contributed by atoms with Crippen LogP contribution < -0.4 is 9.64 Å². The minimum Gasteiger partial charge on any atom is -0.473 e. The first-order chi connectivity index (χ1) is 10.3. The number of ether oxygens (including phenoxy) is 1. The predicted octanol–water partition coefficient (Wildman–Crippen LogP) is 3.28. The van der Waals surface area contributed by atoms with E-state index in [1.54, 1.807) is 23.7 Å². The van der Waals surface area contributed by atoms with Crippen molar-refractivity contribution in [3.63, 3.8) is 0 Å². The van der Waals surface area contributed by atoms with Crippen molar-refractivity contribution in [2.75, 3.05) is 11.9 Å². The zero-order chi connectivity index (χ0) is 14.5. The standard InChI is InChI=1S/C15H20N4OS/c1-19(9-12-10-21-11-17-12)14-7-16-8-15(18-14)20-13-5-3-2-4-6-13/h7-8,10-11,13H,2-6,9H2,1H3. The molecule has 1 aliphatic rings. The topological polar surface area (TPSA) is 51.1 Å². The van der Waals surface area contributed by atoms with Gasteiger partial charge in [-0.25, -0.2) is 4.98 Å². The van der Waals surface area contributed by atoms with Crippen molar-refractivity contribution < 1.29 is 4.74 Å². The Balaban J connectivity index is 1.64. The monoisotopic (exact) mass is 304 g/mol. The molecule has 0 aromatic carbocycles. The van der Waals surface area contributed by atoms with E-state index in [9.17, 15) is 0 Å². The quantitative estimate of drug-likeness (QED) is 0.848. The van der Waals surface area contributed by atoms with Gasteiger partial charge in [0.1, 0.15) is 6.10 Å². The molecule has 2 aromatic rings. The maximum absolute atomic E-state index is 5.97. The summed E-state index contributed by atoms with van der Waals surface area (Å²) in [5, 5.41) is 2.05. The zero-order valence-corrected chi connectivity index (χ0v) is 13.1. The fourth-order valence-electron chi connectivity index (χ4n) is 2.57. The second-order valence-corrected chi connectivity index (χ2v) is 6.15. The summed E-state index contributed by atoms with van der Waals surface area (Å²) >= 11 is 1.60. The summed E-state index contributed by atoms with van der Waals surface area (Å²) in [6.07, 6.45) is 9.84. The highest BCUT2D eigenvalue weighted by Crippen LogP contribution is 2.23. The van der Waals surface area contributed by atoms with Gasteiger partial charge >= 0.3 is 0 Å². The Hall–Kier alpha value is -1.69. The summed E-state index contributed by atoms with van der Waals surface area (Å²) in [7, 11) is 1.99. The van der Waals surface area contributed by atoms with Crippen molar-refractivity contribution in [2.24, 2.45) is 0 Å². The van der Waals surface area contributed by atoms with Crippen LogP contribution in [-0.2, 0) is 6.54 Å². The lowest BCUT2D eigenvalue weighted by Crippen LogP contribution is -2.22. The third-order valence-corrected chi connectivity index (χ3v) is 4.35. The van der Waals surface area contributed by atoms with E-state index in [4.69, 9.17) is 4.74 Å². The highest BCUT2D eigenvalue weighted by atomic mass is 32.1. The normalized spacial score (nSPS) is 15.9. The van der Waals surface area contributed by atoms with Crippen LogP contribution in [0.3, 0.4) is 0 Å². The van der Waals surface area contributed by atoms with Crippen molar-refractivity contribution in [2.45, 2.75) is 44.8 Å². The summed E-state index contributed by atoms with van der Waals surface area (Å²) in [5.74, 6) is 1.45. The van der Waals surface area contributed by atoms with Crippen LogP contribution in [0.25, 0.3) is 0 Å². The van der Waals surface area contributed by atoms with Crippen molar-refractivity contribution in [1.29, 1.82) is 0 Å². The molecule has 2 heterocycles. The molecule has 5 nitrogen and oxygen atoms in total. The molecule has 0 atom stereocenters. The molecule has 0 unspecified atom stereocenters. The number of hydrogen-bond acceptors (Lipinski definition) is 6. The van der Waals surface area contributed by atoms with E-state index >= 15 is 0 Å². The highest BCUT2D eigenvalue weighted by molar-refractivity contribution is 7.07. The van der Waals surface area contributed by atoms with Gasteiger partial charge in [0.15, 0.2) is 5.82 Å². The average Bonchev–Trinajstić information content (AvgIpc) is 3.01. The average molecular weight is 304 g/mol. The van der Waals surface area contributed by atoms with E-state index in [-0.39, 0.29) is 0 Å². The molecule has 1 aliphatic carbocycles. The summed E-state index contributed by atoms with van der Waals surface area (Å²) in [6, 6.07) is 0. The molecule has 0 bridgehead atoms. The molecule has 1 fully saturated rings. The van der Waals surface area contributed by atoms with Gasteiger partial charge in [-0.3, -0.25) is 4.98 Å². The van der Waals surface area contributed by atoms with E-state index in [1.165, 1.54) is 19.3 Å². The predicted molar refractivity (Wildman–Crippen MR) is 83.8 cm³/mol. The number of hydrogen-bond donors (Lipinski definition) is 0. The smallest absolute Gasteiger partial charge is 0.234 e. The molecule has 6 heteroatoms. The van der Waals surface area contributed by atoms with Gasteiger partial charge in [-0.1, -0.05) is 6.42 Å². The van der Waals surface area contributed by atoms with Crippen LogP contribution >= 0.6 is 11.3 Å². The molecule has 0 amide bonds. The zero-order valence-electron chi connectivity index (χ0n) is 12.2. The van der Waals surface area contributed by atoms with E-state index < -0.39 is 0 Å². The van der Waals surface area contributed by atoms with Gasteiger partial charge < -0.3 is 9.64 Å². The van der Waals surface area contributed by atoms with Gasteiger partial charge in [0.05, 0.1) is 30.1 Å². The molecule has 2 aromatic heterocycles. The van der Waals surface area contributed by atoms with Gasteiger partial charge in [-0.2, -0.15) is 4.98 Å². The van der Waals surface area contributed by atoms with Crippen LogP contribution in [0, 0.1) is 0 Å². The van der Waals surface area contributed by atoms with Gasteiger partial charge in [0.25, 0.3) is 0 Å². The molecule has 21 heavy (non-hydrogen) atoms. The number of aromatic nitrogens is 3. The van der Waals surface area contributed by atoms with Crippen LogP contribution in [-0.4, -0.2) is 28.1 Å². The Morgan fingerprint density at radius 1 is 1.29 bits per heavy atom. The molecule has 0 aliphatic heterocycles. The summed E-state index contributed by atoms with van der Waals surface area (Å²) < 4.78 is 5.97. The van der Waals surface area contributed by atoms with Crippen molar-refractivity contribution >= 4 is 17.2 Å². The van der Waals surface area contributed by atoms with E-state index in [0.717, 1.165) is 30.9 Å². The summed E-state index contributed by atoms with van der Waals surface area (Å²) in [4.78, 5) is 15.2. The molecular formula is C15H20N4OS. The molecular weight excluding hydrogens is 284 g/mol. The highest BCUT2D eigenvalue weighted by Gasteiger charge is 2.16. The van der Waals surface area contributed by atoms with Crippen molar-refractivity contribution in [3.8, 4) is 5.88 Å². The number of rotatable bonds is 5. The second kappa shape index (κ2) is 6.85. The van der Waals surface area contributed by atoms with Crippen LogP contribution in [0.5, 0.6) is 5.88 Å². The van der Waals surface area contributed by atoms with Crippen molar-refractivity contribution in [1.82, 2.24) is 15.0 Å². The van der Waals surface area contributed by atoms with Crippen molar-refractivity contribution in [3.05, 3.63) is 29.0 Å². The molecule has 0 N–H and O–H groups in total. The number of nitrogens with zero attached hydrogens (tertiary/aromatic N) is 4. The third kappa shape index (κ3) is 3.91. The first-order valence-corrected chi connectivity index (χ1v) is 8.32. The largest absolute Gasteiger partial charge is 0.473 e. The number of thiazole rings is 1. The van der Waals surface area contributed by atoms with Gasteiger partial charge in [-0.05, 0) is 25.7 Å². The van der Waals surface area contributed by atoms with Crippen LogP contribution in [0.15, 0.2) is 23.3 Å². The lowest BCUT2D eigenvalue weighted by molar-refractivity contribution is 0.148. The molecule has 0 spiro atoms. The lowest BCUT2D eigenvalue weighted by Gasteiger charge is -2.23. The summed E-state index contributed by atoms with van der Waals surface area (Å²) in [6.45, 7) is 0.727. The summed E-state index contributed by atoms with van der Waals surface area (Å²) in [5.41, 5.74) is 2.89. The van der Waals surface area contributed by atoms with Gasteiger partial charge in [-0.15, -0.1) is 11.3 Å². The fraction of sp³-hybridized carbons (Fsp3) is 0.533. The second-order valence-electron chi connectivity index (χ2n) is 5.43. The minimum atomic E-state index is 0.298. The Morgan fingerprint density at radius 2 is 2.14 bits per heavy atom. The van der Waals surface area contributed by atoms with Crippen LogP contribution in [0.1, 0.15) is 37.8 Å². The number of anilines is 1. The molecule has 1 saturated carbocycles. The lowest BCUT2D eigenvalue weighted by atomic mass is 9.98. The SMILES string of the molecule is CN(Cc1cscn1)c1cncc(OC2CCCCC2)n1. The van der Waals surface area contributed by atoms with Crippen LogP contribution in [0.2, 0.25) is 0 Å². The Morgan fingerprint density at radius 3 is 2.90 bits per heavy atom. The maximum Gasteiger partial charge on any atom is 0.234 e. The van der Waals surface area contributed by atoms with Gasteiger partial charge in [0, 0.05) is 12.4 Å².